The van der Waals surface area contributed by atoms with Crippen molar-refractivity contribution in [3.8, 4) is 0 Å². The van der Waals surface area contributed by atoms with E-state index in [2.05, 4.69) is 34.2 Å². The Bertz CT molecular complexity index is 744. The monoisotopic (exact) mass is 378 g/mol. The van der Waals surface area contributed by atoms with Crippen LogP contribution in [-0.2, 0) is 18.5 Å². The molecule has 0 bridgehead atoms. The molecule has 1 aromatic carbocycles. The molecule has 3 rings (SSSR count). The van der Waals surface area contributed by atoms with Gasteiger partial charge in [-0.05, 0) is 12.1 Å². The van der Waals surface area contributed by atoms with Crippen molar-refractivity contribution in [1.82, 2.24) is 9.97 Å². The van der Waals surface area contributed by atoms with E-state index in [-0.39, 0.29) is 0 Å². The number of rotatable bonds is 2. The van der Waals surface area contributed by atoms with Crippen LogP contribution in [-0.4, -0.2) is 17.1 Å². The van der Waals surface area contributed by atoms with Crippen LogP contribution >= 0.6 is 0 Å². The van der Waals surface area contributed by atoms with Gasteiger partial charge in [0.05, 0.1) is 11.0 Å². The van der Waals surface area contributed by atoms with Crippen LogP contribution in [0, 0.1) is 20.2 Å². The number of pyridine rings is 2. The van der Waals surface area contributed by atoms with Gasteiger partial charge >= 0.3 is 45.8 Å². The van der Waals surface area contributed by atoms with Crippen molar-refractivity contribution < 1.29 is 25.6 Å². The maximum Gasteiger partial charge on any atom is 0.0964 e. The third-order valence-corrected chi connectivity index (χ3v) is 2.96. The number of aromatic nitrogens is 2. The molecule has 0 unspecified atom stereocenters. The standard InChI is InChI=1S/C12H8N2.2NO2.Pd/c1-3-9-5-6-10-4-2-8-14-12(10)11(9)13-7-1;2*2-1-3;/h1-8H;;;. The van der Waals surface area contributed by atoms with Gasteiger partial charge in [-0.2, -0.15) is 0 Å². The molecule has 0 aliphatic carbocycles. The van der Waals surface area contributed by atoms with Gasteiger partial charge in [0.15, 0.2) is 0 Å². The average molecular weight is 379 g/mol. The zero-order chi connectivity index (χ0) is 15.2. The molecule has 0 saturated heterocycles. The summed E-state index contributed by atoms with van der Waals surface area (Å²) in [7, 11) is 0. The Morgan fingerprint density at radius 2 is 1.24 bits per heavy atom. The van der Waals surface area contributed by atoms with Crippen LogP contribution in [0.3, 0.4) is 0 Å². The van der Waals surface area contributed by atoms with Gasteiger partial charge in [0.1, 0.15) is 0 Å². The van der Waals surface area contributed by atoms with E-state index in [1.54, 1.807) is 12.4 Å². The van der Waals surface area contributed by atoms with Crippen LogP contribution in [0.1, 0.15) is 0 Å². The first-order valence-corrected chi connectivity index (χ1v) is 6.94. The van der Waals surface area contributed by atoms with E-state index in [1.807, 2.05) is 12.1 Å². The molecule has 2 heterocycles. The quantitative estimate of drug-likeness (QED) is 0.292. The summed E-state index contributed by atoms with van der Waals surface area (Å²) in [5, 5.41) is 20.7. The number of fused-ring (bicyclic) bond motifs is 3. The van der Waals surface area contributed by atoms with Crippen LogP contribution in [0.5, 0.6) is 0 Å². The van der Waals surface area contributed by atoms with E-state index in [9.17, 15) is 20.2 Å². The van der Waals surface area contributed by atoms with Gasteiger partial charge < -0.3 is 0 Å². The number of benzene rings is 1. The normalized spacial score (nSPS) is 10.1. The molecule has 110 valence electrons. The van der Waals surface area contributed by atoms with E-state index >= 15 is 0 Å². The van der Waals surface area contributed by atoms with E-state index in [0.29, 0.717) is 0 Å². The summed E-state index contributed by atoms with van der Waals surface area (Å²) in [6.45, 7) is 0. The Kier molecular flexibility index (Phi) is 4.82. The Hall–Kier alpha value is -2.50. The summed E-state index contributed by atoms with van der Waals surface area (Å²) in [6, 6.07) is 12.1. The van der Waals surface area contributed by atoms with Gasteiger partial charge in [-0.25, -0.2) is 0 Å². The third kappa shape index (κ3) is 3.98. The third-order valence-electron chi connectivity index (χ3n) is 2.45. The second kappa shape index (κ2) is 6.79. The van der Waals surface area contributed by atoms with Crippen LogP contribution in [0.15, 0.2) is 48.8 Å². The van der Waals surface area contributed by atoms with Crippen molar-refractivity contribution in [2.45, 2.75) is 0 Å². The number of nitrogens with zero attached hydrogens (tertiary/aromatic N) is 4. The molecule has 0 radical (unpaired) electrons. The van der Waals surface area contributed by atoms with Gasteiger partial charge in [0.2, 0.25) is 0 Å². The topological polar surface area (TPSA) is 112 Å². The number of hydrogen-bond acceptors (Lipinski definition) is 6. The molecular weight excluding hydrogens is 371 g/mol. The van der Waals surface area contributed by atoms with Crippen LogP contribution in [0.4, 0.5) is 0 Å². The molecule has 0 spiro atoms. The van der Waals surface area contributed by atoms with E-state index in [1.165, 1.54) is 0 Å². The summed E-state index contributed by atoms with van der Waals surface area (Å²) >= 11 is -1.58. The largest absolute Gasteiger partial charge is 0.254 e. The van der Waals surface area contributed by atoms with Crippen molar-refractivity contribution in [3.63, 3.8) is 0 Å². The Morgan fingerprint density at radius 1 is 0.810 bits per heavy atom. The molecule has 0 N–H and O–H groups in total. The molecule has 8 nitrogen and oxygen atoms in total. The zero-order valence-electron chi connectivity index (χ0n) is 10.4. The van der Waals surface area contributed by atoms with Gasteiger partial charge in [0.25, 0.3) is 0 Å². The zero-order valence-corrected chi connectivity index (χ0v) is 11.9. The van der Waals surface area contributed by atoms with Gasteiger partial charge in [-0.1, -0.05) is 24.3 Å². The molecule has 0 amide bonds. The predicted octanol–water partition coefficient (Wildman–Crippen LogP) is 2.24. The summed E-state index contributed by atoms with van der Waals surface area (Å²) in [6.07, 6.45) is 3.60. The second-order valence-corrected chi connectivity index (χ2v) is 5.11. The molecule has 0 aliphatic rings. The first-order chi connectivity index (χ1) is 10.1. The van der Waals surface area contributed by atoms with Crippen molar-refractivity contribution in [2.75, 3.05) is 0 Å². The molecule has 0 atom stereocenters. The van der Waals surface area contributed by atoms with Crippen molar-refractivity contribution in [3.05, 3.63) is 69.0 Å². The number of hydrogen-bond donors (Lipinski definition) is 0. The summed E-state index contributed by atoms with van der Waals surface area (Å²) in [4.78, 5) is 27.1. The SMILES string of the molecule is O=[N+]([O-])[Pd][N+](=O)[O-].c1cnc2c(c1)ccc1cccnc12. The minimum atomic E-state index is -1.58. The Morgan fingerprint density at radius 3 is 1.57 bits per heavy atom. The van der Waals surface area contributed by atoms with Gasteiger partial charge in [-0.3, -0.25) is 9.97 Å². The predicted molar refractivity (Wildman–Crippen MR) is 71.0 cm³/mol. The van der Waals surface area contributed by atoms with Crippen molar-refractivity contribution in [2.24, 2.45) is 0 Å². The van der Waals surface area contributed by atoms with Crippen molar-refractivity contribution >= 4 is 21.8 Å². The fourth-order valence-corrected chi connectivity index (χ4v) is 1.93. The first kappa shape index (κ1) is 14.9. The molecule has 3 aromatic rings. The molecule has 21 heavy (non-hydrogen) atoms. The minimum absolute atomic E-state index is 0.950. The number of nitro groups is 2. The molecule has 0 fully saturated rings. The maximum absolute atomic E-state index is 9.20. The Labute approximate surface area is 126 Å². The molecule has 0 aliphatic heterocycles. The van der Waals surface area contributed by atoms with E-state index < -0.39 is 25.6 Å². The van der Waals surface area contributed by atoms with E-state index in [0.717, 1.165) is 21.8 Å². The van der Waals surface area contributed by atoms with Gasteiger partial charge in [0, 0.05) is 23.2 Å². The van der Waals surface area contributed by atoms with Crippen LogP contribution < -0.4 is 0 Å². The summed E-state index contributed by atoms with van der Waals surface area (Å²) in [5.74, 6) is 0. The maximum atomic E-state index is 9.20. The van der Waals surface area contributed by atoms with Crippen molar-refractivity contribution in [1.29, 1.82) is 0 Å². The summed E-state index contributed by atoms with van der Waals surface area (Å²) < 4.78 is -1.90. The van der Waals surface area contributed by atoms with E-state index in [4.69, 9.17) is 0 Å². The minimum Gasteiger partial charge on any atom is -0.254 e. The molecule has 2 aromatic heterocycles. The molecular formula is C12H8N4O4Pd. The smallest absolute Gasteiger partial charge is 0.0964 e. The molecule has 0 saturated carbocycles. The van der Waals surface area contributed by atoms with Gasteiger partial charge in [-0.15, -0.1) is 0 Å². The summed E-state index contributed by atoms with van der Waals surface area (Å²) in [5.41, 5.74) is 1.95. The Balaban J connectivity index is 0.000000199. The average Bonchev–Trinajstić information content (AvgIpc) is 2.46. The van der Waals surface area contributed by atoms with Crippen LogP contribution in [0.2, 0.25) is 0 Å². The fourth-order valence-electron chi connectivity index (χ4n) is 1.72. The fraction of sp³-hybridized carbons (Fsp3) is 0. The molecule has 9 heteroatoms. The second-order valence-electron chi connectivity index (χ2n) is 3.66. The van der Waals surface area contributed by atoms with Crippen LogP contribution in [0.25, 0.3) is 21.8 Å². The first-order valence-electron chi connectivity index (χ1n) is 5.55.